The van der Waals surface area contributed by atoms with Crippen LogP contribution in [0.25, 0.3) is 0 Å². The van der Waals surface area contributed by atoms with Gasteiger partial charge in [0.15, 0.2) is 0 Å². The number of anilines is 1. The molecule has 1 heterocycles. The summed E-state index contributed by atoms with van der Waals surface area (Å²) < 4.78 is 10.2. The molecular weight excluding hydrogens is 256 g/mol. The van der Waals surface area contributed by atoms with Crippen LogP contribution in [0.1, 0.15) is 11.1 Å². The predicted molar refractivity (Wildman–Crippen MR) is 78.5 cm³/mol. The van der Waals surface area contributed by atoms with E-state index in [9.17, 15) is 5.11 Å². The largest absolute Gasteiger partial charge is 0.398 e. The number of nitrogen functional groups attached to an aromatic ring is 1. The van der Waals surface area contributed by atoms with Crippen molar-refractivity contribution >= 4 is 5.69 Å². The summed E-state index contributed by atoms with van der Waals surface area (Å²) in [4.78, 5) is 2.24. The summed E-state index contributed by atoms with van der Waals surface area (Å²) in [6, 6.07) is 6.05. The summed E-state index contributed by atoms with van der Waals surface area (Å²) in [7, 11) is 1.64. The third-order valence-corrected chi connectivity index (χ3v) is 3.59. The number of methoxy groups -OCH3 is 1. The first-order chi connectivity index (χ1) is 9.70. The average molecular weight is 280 g/mol. The Morgan fingerprint density at radius 2 is 2.25 bits per heavy atom. The monoisotopic (exact) mass is 280 g/mol. The molecule has 1 unspecified atom stereocenters. The Labute approximate surface area is 120 Å². The lowest BCUT2D eigenvalue weighted by Gasteiger charge is -2.30. The molecule has 5 nitrogen and oxygen atoms in total. The first-order valence-corrected chi connectivity index (χ1v) is 7.04. The summed E-state index contributed by atoms with van der Waals surface area (Å²) in [6.45, 7) is 3.83. The fraction of sp³-hybridized carbons (Fsp3) is 0.600. The molecule has 0 bridgehead atoms. The Hall–Kier alpha value is -1.14. The van der Waals surface area contributed by atoms with Gasteiger partial charge in [-0.05, 0) is 23.6 Å². The molecule has 5 heteroatoms. The number of benzene rings is 1. The molecule has 0 aromatic heterocycles. The topological polar surface area (TPSA) is 68.0 Å². The van der Waals surface area contributed by atoms with E-state index in [1.54, 1.807) is 7.11 Å². The van der Waals surface area contributed by atoms with Crippen LogP contribution in [0.2, 0.25) is 0 Å². The van der Waals surface area contributed by atoms with Gasteiger partial charge in [0.2, 0.25) is 0 Å². The fourth-order valence-electron chi connectivity index (χ4n) is 2.57. The molecule has 0 radical (unpaired) electrons. The van der Waals surface area contributed by atoms with Gasteiger partial charge in [-0.1, -0.05) is 12.1 Å². The number of hydrogen-bond donors (Lipinski definition) is 2. The van der Waals surface area contributed by atoms with Gasteiger partial charge in [-0.25, -0.2) is 0 Å². The number of nitrogens with zero attached hydrogens (tertiary/aromatic N) is 1. The maximum absolute atomic E-state index is 9.97. The van der Waals surface area contributed by atoms with Crippen LogP contribution < -0.4 is 5.73 Å². The molecule has 0 fully saturated rings. The molecule has 1 aliphatic rings. The summed E-state index contributed by atoms with van der Waals surface area (Å²) in [6.07, 6.45) is 0.480. The third-order valence-electron chi connectivity index (χ3n) is 3.59. The van der Waals surface area contributed by atoms with Gasteiger partial charge in [0.25, 0.3) is 0 Å². The van der Waals surface area contributed by atoms with Gasteiger partial charge in [0.1, 0.15) is 0 Å². The molecule has 0 amide bonds. The normalized spacial score (nSPS) is 16.9. The fourth-order valence-corrected chi connectivity index (χ4v) is 2.57. The highest BCUT2D eigenvalue weighted by Crippen LogP contribution is 2.23. The number of aliphatic hydroxyl groups is 1. The van der Waals surface area contributed by atoms with Gasteiger partial charge >= 0.3 is 0 Å². The van der Waals surface area contributed by atoms with Gasteiger partial charge < -0.3 is 20.3 Å². The zero-order valence-electron chi connectivity index (χ0n) is 12.0. The number of rotatable bonds is 7. The highest BCUT2D eigenvalue weighted by Gasteiger charge is 2.19. The highest BCUT2D eigenvalue weighted by molar-refractivity contribution is 5.51. The Kier molecular flexibility index (Phi) is 5.79. The summed E-state index contributed by atoms with van der Waals surface area (Å²) >= 11 is 0. The zero-order valence-corrected chi connectivity index (χ0v) is 12.0. The van der Waals surface area contributed by atoms with E-state index in [2.05, 4.69) is 11.0 Å². The van der Waals surface area contributed by atoms with Crippen LogP contribution in [0.15, 0.2) is 18.2 Å². The number of ether oxygens (including phenoxy) is 2. The predicted octanol–water partition coefficient (Wildman–Crippen LogP) is 0.651. The maximum Gasteiger partial charge on any atom is 0.0900 e. The molecule has 0 saturated heterocycles. The summed E-state index contributed by atoms with van der Waals surface area (Å²) in [5, 5.41) is 9.97. The van der Waals surface area contributed by atoms with Crippen molar-refractivity contribution in [2.24, 2.45) is 0 Å². The van der Waals surface area contributed by atoms with Crippen molar-refractivity contribution in [1.29, 1.82) is 0 Å². The van der Waals surface area contributed by atoms with Crippen molar-refractivity contribution in [2.45, 2.75) is 19.1 Å². The van der Waals surface area contributed by atoms with E-state index < -0.39 is 6.10 Å². The number of aliphatic hydroxyl groups excluding tert-OH is 1. The molecular formula is C15H24N2O3. The Bertz CT molecular complexity index is 426. The standard InChI is InChI=1S/C15H24N2O3/c1-19-7-8-20-11-13(18)10-17-6-5-14-12(9-17)3-2-4-15(14)16/h2-4,13,18H,5-11,16H2,1H3. The lowest BCUT2D eigenvalue weighted by molar-refractivity contribution is -0.00217. The van der Waals surface area contributed by atoms with Crippen molar-refractivity contribution in [3.63, 3.8) is 0 Å². The van der Waals surface area contributed by atoms with E-state index in [1.807, 2.05) is 12.1 Å². The molecule has 1 aromatic rings. The Morgan fingerprint density at radius 1 is 1.40 bits per heavy atom. The van der Waals surface area contributed by atoms with Gasteiger partial charge in [-0.15, -0.1) is 0 Å². The van der Waals surface area contributed by atoms with Crippen molar-refractivity contribution in [3.05, 3.63) is 29.3 Å². The molecule has 3 N–H and O–H groups in total. The van der Waals surface area contributed by atoms with E-state index >= 15 is 0 Å². The minimum Gasteiger partial charge on any atom is -0.398 e. The first-order valence-electron chi connectivity index (χ1n) is 7.04. The molecule has 1 aromatic carbocycles. The second-order valence-electron chi connectivity index (χ2n) is 5.19. The van der Waals surface area contributed by atoms with Crippen LogP contribution in [0.4, 0.5) is 5.69 Å². The van der Waals surface area contributed by atoms with Crippen molar-refractivity contribution in [3.8, 4) is 0 Å². The quantitative estimate of drug-likeness (QED) is 0.567. The van der Waals surface area contributed by atoms with E-state index in [0.717, 1.165) is 25.2 Å². The molecule has 1 aliphatic heterocycles. The van der Waals surface area contributed by atoms with Gasteiger partial charge in [0.05, 0.1) is 25.9 Å². The molecule has 1 atom stereocenters. The van der Waals surface area contributed by atoms with Crippen LogP contribution >= 0.6 is 0 Å². The van der Waals surface area contributed by atoms with Crippen LogP contribution in [0, 0.1) is 0 Å². The van der Waals surface area contributed by atoms with E-state index in [0.29, 0.717) is 26.4 Å². The zero-order chi connectivity index (χ0) is 14.4. The van der Waals surface area contributed by atoms with E-state index in [1.165, 1.54) is 11.1 Å². The number of β-amino-alcohol motifs (C(OH)–C–C–N with tert-alkyl or cyclic N) is 1. The Morgan fingerprint density at radius 3 is 3.05 bits per heavy atom. The minimum absolute atomic E-state index is 0.351. The van der Waals surface area contributed by atoms with E-state index in [-0.39, 0.29) is 0 Å². The minimum atomic E-state index is -0.463. The molecule has 0 aliphatic carbocycles. The third kappa shape index (κ3) is 4.18. The van der Waals surface area contributed by atoms with Crippen LogP contribution in [0.3, 0.4) is 0 Å². The number of fused-ring (bicyclic) bond motifs is 1. The van der Waals surface area contributed by atoms with Crippen LogP contribution in [-0.2, 0) is 22.4 Å². The van der Waals surface area contributed by atoms with Gasteiger partial charge in [-0.3, -0.25) is 4.90 Å². The molecule has 0 spiro atoms. The number of nitrogens with two attached hydrogens (primary N) is 1. The van der Waals surface area contributed by atoms with Crippen LogP contribution in [0.5, 0.6) is 0 Å². The maximum atomic E-state index is 9.97. The second kappa shape index (κ2) is 7.59. The second-order valence-corrected chi connectivity index (χ2v) is 5.19. The molecule has 2 rings (SSSR count). The van der Waals surface area contributed by atoms with E-state index in [4.69, 9.17) is 15.2 Å². The molecule has 112 valence electrons. The smallest absolute Gasteiger partial charge is 0.0900 e. The van der Waals surface area contributed by atoms with Crippen molar-refractivity contribution in [1.82, 2.24) is 4.90 Å². The lowest BCUT2D eigenvalue weighted by atomic mass is 9.98. The SMILES string of the molecule is COCCOCC(O)CN1CCc2c(N)cccc2C1. The number of hydrogen-bond acceptors (Lipinski definition) is 5. The van der Waals surface area contributed by atoms with Crippen molar-refractivity contribution in [2.75, 3.05) is 45.8 Å². The van der Waals surface area contributed by atoms with Gasteiger partial charge in [-0.2, -0.15) is 0 Å². The van der Waals surface area contributed by atoms with Crippen LogP contribution in [-0.4, -0.2) is 56.1 Å². The Balaban J connectivity index is 1.78. The van der Waals surface area contributed by atoms with Gasteiger partial charge in [0, 0.05) is 32.4 Å². The first kappa shape index (κ1) is 15.3. The lowest BCUT2D eigenvalue weighted by Crippen LogP contribution is -2.38. The molecule has 0 saturated carbocycles. The average Bonchev–Trinajstić information content (AvgIpc) is 2.44. The molecule has 20 heavy (non-hydrogen) atoms. The highest BCUT2D eigenvalue weighted by atomic mass is 16.5. The van der Waals surface area contributed by atoms with Crippen molar-refractivity contribution < 1.29 is 14.6 Å². The summed E-state index contributed by atoms with van der Waals surface area (Å²) in [5.41, 5.74) is 9.39. The summed E-state index contributed by atoms with van der Waals surface area (Å²) in [5.74, 6) is 0.